The molecule has 0 atom stereocenters. The van der Waals surface area contributed by atoms with Gasteiger partial charge in [0.1, 0.15) is 0 Å². The molecule has 0 aliphatic heterocycles. The van der Waals surface area contributed by atoms with Crippen LogP contribution in [0.4, 0.5) is 10.5 Å². The highest BCUT2D eigenvalue weighted by Gasteiger charge is 2.27. The van der Waals surface area contributed by atoms with Crippen molar-refractivity contribution in [1.29, 1.82) is 0 Å². The molecular formula is C21H13ClN2O5S. The van der Waals surface area contributed by atoms with E-state index >= 15 is 0 Å². The number of thiophene rings is 1. The predicted molar refractivity (Wildman–Crippen MR) is 114 cm³/mol. The third-order valence-corrected chi connectivity index (χ3v) is 5.54. The molecule has 2 heterocycles. The van der Waals surface area contributed by atoms with Crippen molar-refractivity contribution in [3.8, 4) is 5.88 Å². The number of carbonyl (C=O) groups is 3. The molecule has 30 heavy (non-hydrogen) atoms. The van der Waals surface area contributed by atoms with Crippen LogP contribution >= 0.6 is 22.9 Å². The maximum absolute atomic E-state index is 13.0. The zero-order valence-electron chi connectivity index (χ0n) is 15.1. The summed E-state index contributed by atoms with van der Waals surface area (Å²) in [6, 6.07) is 12.8. The van der Waals surface area contributed by atoms with Crippen molar-refractivity contribution >= 4 is 57.3 Å². The van der Waals surface area contributed by atoms with Crippen LogP contribution in [0, 0.1) is 0 Å². The number of rotatable bonds is 4. The molecule has 7 nitrogen and oxygen atoms in total. The van der Waals surface area contributed by atoms with Crippen LogP contribution in [-0.4, -0.2) is 32.6 Å². The summed E-state index contributed by atoms with van der Waals surface area (Å²) in [5, 5.41) is 24.9. The van der Waals surface area contributed by atoms with Gasteiger partial charge >= 0.3 is 12.0 Å². The zero-order chi connectivity index (χ0) is 21.4. The van der Waals surface area contributed by atoms with E-state index in [0.717, 1.165) is 4.57 Å². The highest BCUT2D eigenvalue weighted by molar-refractivity contribution is 7.12. The Hall–Kier alpha value is -3.62. The fourth-order valence-corrected chi connectivity index (χ4v) is 3.96. The minimum absolute atomic E-state index is 0.00488. The van der Waals surface area contributed by atoms with Gasteiger partial charge in [-0.2, -0.15) is 0 Å². The summed E-state index contributed by atoms with van der Waals surface area (Å²) in [5.74, 6) is -2.11. The minimum atomic E-state index is -1.14. The first-order chi connectivity index (χ1) is 14.4. The summed E-state index contributed by atoms with van der Waals surface area (Å²) < 4.78 is 0.958. The minimum Gasteiger partial charge on any atom is -0.494 e. The second-order valence-electron chi connectivity index (χ2n) is 6.32. The summed E-state index contributed by atoms with van der Waals surface area (Å²) in [7, 11) is 0. The van der Waals surface area contributed by atoms with Crippen LogP contribution in [-0.2, 0) is 0 Å². The van der Waals surface area contributed by atoms with Gasteiger partial charge in [-0.3, -0.25) is 4.79 Å². The van der Waals surface area contributed by atoms with Crippen LogP contribution < -0.4 is 5.32 Å². The second-order valence-corrected chi connectivity index (χ2v) is 7.70. The number of hydrogen-bond donors (Lipinski definition) is 3. The molecule has 0 bridgehead atoms. The van der Waals surface area contributed by atoms with Crippen LogP contribution in [0.15, 0.2) is 60.0 Å². The van der Waals surface area contributed by atoms with Gasteiger partial charge in [0.15, 0.2) is 0 Å². The number of carboxylic acid groups (broad SMARTS) is 1. The number of halogens is 1. The first kappa shape index (κ1) is 19.7. The van der Waals surface area contributed by atoms with E-state index in [2.05, 4.69) is 5.32 Å². The molecule has 0 fully saturated rings. The summed E-state index contributed by atoms with van der Waals surface area (Å²) in [5.41, 5.74) is 0.462. The number of aromatic nitrogens is 1. The Labute approximate surface area is 178 Å². The maximum Gasteiger partial charge on any atom is 0.335 e. The van der Waals surface area contributed by atoms with Crippen molar-refractivity contribution in [3.63, 3.8) is 0 Å². The Morgan fingerprint density at radius 3 is 2.53 bits per heavy atom. The highest BCUT2D eigenvalue weighted by atomic mass is 35.5. The Morgan fingerprint density at radius 1 is 1.03 bits per heavy atom. The molecule has 0 radical (unpaired) electrons. The molecule has 0 unspecified atom stereocenters. The molecule has 0 spiro atoms. The predicted octanol–water partition coefficient (Wildman–Crippen LogP) is 5.07. The van der Waals surface area contributed by atoms with Gasteiger partial charge in [-0.1, -0.05) is 23.7 Å². The molecule has 0 aliphatic rings. The third kappa shape index (κ3) is 3.42. The average Bonchev–Trinajstić information content (AvgIpc) is 3.33. The molecule has 4 rings (SSSR count). The van der Waals surface area contributed by atoms with Crippen molar-refractivity contribution in [1.82, 2.24) is 4.57 Å². The molecule has 9 heteroatoms. The Bertz CT molecular complexity index is 1310. The number of aromatic hydroxyl groups is 1. The Morgan fingerprint density at radius 2 is 1.83 bits per heavy atom. The SMILES string of the molecule is O=C(O)c1cccc(NC(=O)n2c(O)c(C(=O)c3cccs3)c3cc(Cl)ccc32)c1. The molecule has 150 valence electrons. The van der Waals surface area contributed by atoms with Crippen LogP contribution in [0.3, 0.4) is 0 Å². The lowest BCUT2D eigenvalue weighted by molar-refractivity contribution is 0.0696. The van der Waals surface area contributed by atoms with Crippen LogP contribution in [0.2, 0.25) is 5.02 Å². The number of carbonyl (C=O) groups excluding carboxylic acids is 2. The van der Waals surface area contributed by atoms with Crippen molar-refractivity contribution in [2.24, 2.45) is 0 Å². The van der Waals surface area contributed by atoms with Crippen molar-refractivity contribution < 1.29 is 24.6 Å². The largest absolute Gasteiger partial charge is 0.494 e. The standard InChI is InChI=1S/C21H13ClN2O5S/c22-12-6-7-15-14(10-12)17(18(25)16-5-2-8-30-16)19(26)24(15)21(29)23-13-4-1-3-11(9-13)20(27)28/h1-10,26H,(H,23,29)(H,27,28). The molecule has 2 aromatic heterocycles. The Kier molecular flexibility index (Phi) is 5.03. The number of anilines is 1. The van der Waals surface area contributed by atoms with Crippen molar-refractivity contribution in [3.05, 3.63) is 81.0 Å². The quantitative estimate of drug-likeness (QED) is 0.384. The first-order valence-electron chi connectivity index (χ1n) is 8.62. The van der Waals surface area contributed by atoms with E-state index in [1.807, 2.05) is 0 Å². The van der Waals surface area contributed by atoms with Gasteiger partial charge in [-0.05, 0) is 47.8 Å². The number of fused-ring (bicyclic) bond motifs is 1. The van der Waals surface area contributed by atoms with E-state index in [1.54, 1.807) is 17.5 Å². The molecular weight excluding hydrogens is 428 g/mol. The van der Waals surface area contributed by atoms with Gasteiger partial charge in [0, 0.05) is 16.1 Å². The number of carboxylic acids is 1. The van der Waals surface area contributed by atoms with E-state index in [9.17, 15) is 19.5 Å². The van der Waals surface area contributed by atoms with E-state index in [4.69, 9.17) is 16.7 Å². The van der Waals surface area contributed by atoms with Gasteiger partial charge in [-0.15, -0.1) is 11.3 Å². The van der Waals surface area contributed by atoms with E-state index < -0.39 is 23.7 Å². The monoisotopic (exact) mass is 440 g/mol. The zero-order valence-corrected chi connectivity index (χ0v) is 16.7. The number of aromatic carboxylic acids is 1. The first-order valence-corrected chi connectivity index (χ1v) is 9.88. The smallest absolute Gasteiger partial charge is 0.335 e. The Balaban J connectivity index is 1.82. The topological polar surface area (TPSA) is 109 Å². The van der Waals surface area contributed by atoms with Gasteiger partial charge in [0.2, 0.25) is 11.7 Å². The van der Waals surface area contributed by atoms with E-state index in [-0.39, 0.29) is 22.3 Å². The fourth-order valence-electron chi connectivity index (χ4n) is 3.12. The lowest BCUT2D eigenvalue weighted by Gasteiger charge is -2.09. The second kappa shape index (κ2) is 7.66. The van der Waals surface area contributed by atoms with Gasteiger partial charge in [0.25, 0.3) is 0 Å². The fraction of sp³-hybridized carbons (Fsp3) is 0. The number of ketones is 1. The molecule has 0 saturated carbocycles. The highest BCUT2D eigenvalue weighted by Crippen LogP contribution is 2.35. The maximum atomic E-state index is 13.0. The molecule has 2 aromatic carbocycles. The van der Waals surface area contributed by atoms with Crippen LogP contribution in [0.25, 0.3) is 10.9 Å². The summed E-state index contributed by atoms with van der Waals surface area (Å²) in [4.78, 5) is 37.5. The third-order valence-electron chi connectivity index (χ3n) is 4.44. The van der Waals surface area contributed by atoms with E-state index in [0.29, 0.717) is 15.3 Å². The lowest BCUT2D eigenvalue weighted by Crippen LogP contribution is -2.19. The summed E-state index contributed by atoms with van der Waals surface area (Å²) in [6.07, 6.45) is 0. The van der Waals surface area contributed by atoms with Gasteiger partial charge < -0.3 is 15.5 Å². The molecule has 3 N–H and O–H groups in total. The number of nitrogens with zero attached hydrogens (tertiary/aromatic N) is 1. The molecule has 1 amide bonds. The normalized spacial score (nSPS) is 10.8. The summed E-state index contributed by atoms with van der Waals surface area (Å²) in [6.45, 7) is 0. The van der Waals surface area contributed by atoms with Crippen molar-refractivity contribution in [2.75, 3.05) is 5.32 Å². The number of nitrogens with one attached hydrogen (secondary N) is 1. The van der Waals surface area contributed by atoms with Crippen LogP contribution in [0.1, 0.15) is 25.6 Å². The van der Waals surface area contributed by atoms with Crippen molar-refractivity contribution in [2.45, 2.75) is 0 Å². The van der Waals surface area contributed by atoms with Gasteiger partial charge in [-0.25, -0.2) is 14.2 Å². The molecule has 0 saturated heterocycles. The van der Waals surface area contributed by atoms with Gasteiger partial charge in [0.05, 0.1) is 21.5 Å². The number of hydrogen-bond acceptors (Lipinski definition) is 5. The average molecular weight is 441 g/mol. The van der Waals surface area contributed by atoms with E-state index in [1.165, 1.54) is 53.8 Å². The molecule has 4 aromatic rings. The summed E-state index contributed by atoms with van der Waals surface area (Å²) >= 11 is 7.30. The number of benzene rings is 2. The molecule has 0 aliphatic carbocycles. The lowest BCUT2D eigenvalue weighted by atomic mass is 10.1. The number of amides is 1. The van der Waals surface area contributed by atoms with Crippen LogP contribution in [0.5, 0.6) is 5.88 Å².